The second-order valence-electron chi connectivity index (χ2n) is 2.89. The fourth-order valence-electron chi connectivity index (χ4n) is 0.886. The van der Waals surface area contributed by atoms with Gasteiger partial charge in [0.25, 0.3) is 0 Å². The lowest BCUT2D eigenvalue weighted by molar-refractivity contribution is 0.160. The lowest BCUT2D eigenvalue weighted by Gasteiger charge is -2.13. The Labute approximate surface area is 81.6 Å². The number of hydrogen-bond acceptors (Lipinski definition) is 7. The Hall–Kier alpha value is -1.47. The predicted molar refractivity (Wildman–Crippen MR) is 52.4 cm³/mol. The van der Waals surface area contributed by atoms with Crippen LogP contribution in [0.3, 0.4) is 0 Å². The Balaban J connectivity index is 3.02. The summed E-state index contributed by atoms with van der Waals surface area (Å²) in [5.74, 6) is 0.691. The molecular weight excluding hydrogens is 184 g/mol. The smallest absolute Gasteiger partial charge is 0.227 e. The van der Waals surface area contributed by atoms with Crippen LogP contribution in [0, 0.1) is 0 Å². The highest BCUT2D eigenvalue weighted by Crippen LogP contribution is 2.11. The average molecular weight is 198 g/mol. The first-order valence-electron chi connectivity index (χ1n) is 4.17. The molecule has 0 amide bonds. The third kappa shape index (κ3) is 2.27. The third-order valence-electron chi connectivity index (χ3n) is 1.71. The van der Waals surface area contributed by atoms with Gasteiger partial charge in [0.1, 0.15) is 0 Å². The molecular formula is C7H14N6O. The highest BCUT2D eigenvalue weighted by Gasteiger charge is 2.16. The van der Waals surface area contributed by atoms with Crippen LogP contribution < -0.4 is 16.8 Å². The van der Waals surface area contributed by atoms with E-state index in [4.69, 9.17) is 11.5 Å². The fraction of sp³-hybridized carbons (Fsp3) is 0.571. The normalized spacial score (nSPS) is 14.9. The number of aromatic nitrogens is 3. The number of nitrogens with one attached hydrogen (secondary N) is 1. The van der Waals surface area contributed by atoms with E-state index in [0.717, 1.165) is 0 Å². The first-order chi connectivity index (χ1) is 6.54. The van der Waals surface area contributed by atoms with Crippen LogP contribution in [0.15, 0.2) is 0 Å². The molecule has 2 atom stereocenters. The number of aliphatic hydroxyl groups is 1. The van der Waals surface area contributed by atoms with Gasteiger partial charge in [0.2, 0.25) is 11.9 Å². The molecule has 78 valence electrons. The van der Waals surface area contributed by atoms with Gasteiger partial charge in [-0.1, -0.05) is 0 Å². The van der Waals surface area contributed by atoms with Crippen molar-refractivity contribution in [2.45, 2.75) is 19.1 Å². The molecule has 0 spiro atoms. The minimum atomic E-state index is -0.735. The number of anilines is 2. The molecule has 7 heteroatoms. The van der Waals surface area contributed by atoms with E-state index in [1.165, 1.54) is 0 Å². The van der Waals surface area contributed by atoms with Gasteiger partial charge in [-0.2, -0.15) is 15.0 Å². The van der Waals surface area contributed by atoms with E-state index in [1.807, 2.05) is 0 Å². The Kier molecular flexibility index (Phi) is 3.15. The number of nitrogens with two attached hydrogens (primary N) is 2. The molecule has 7 nitrogen and oxygen atoms in total. The molecule has 0 aliphatic heterocycles. The van der Waals surface area contributed by atoms with Crippen LogP contribution in [-0.2, 0) is 0 Å². The number of nitrogens with zero attached hydrogens (tertiary/aromatic N) is 3. The standard InChI is InChI=1S/C7H14N6O/c1-3(14)4(8)5-11-6(9)13-7(10-2)12-5/h3-4,14H,8H2,1-2H3,(H3,9,10,11,12,13)/t3-,4+/m1/s1. The molecule has 1 heterocycles. The molecule has 0 fully saturated rings. The van der Waals surface area contributed by atoms with Crippen molar-refractivity contribution in [1.82, 2.24) is 15.0 Å². The fourth-order valence-corrected chi connectivity index (χ4v) is 0.886. The van der Waals surface area contributed by atoms with Crippen molar-refractivity contribution in [2.24, 2.45) is 5.73 Å². The molecule has 0 saturated carbocycles. The largest absolute Gasteiger partial charge is 0.391 e. The highest BCUT2D eigenvalue weighted by molar-refractivity contribution is 5.30. The quantitative estimate of drug-likeness (QED) is 0.485. The Bertz CT molecular complexity index is 315. The van der Waals surface area contributed by atoms with Gasteiger partial charge in [0, 0.05) is 7.05 Å². The lowest BCUT2D eigenvalue weighted by atomic mass is 10.2. The van der Waals surface area contributed by atoms with Gasteiger partial charge in [-0.15, -0.1) is 0 Å². The van der Waals surface area contributed by atoms with E-state index < -0.39 is 12.1 Å². The van der Waals surface area contributed by atoms with Crippen LogP contribution in [0.5, 0.6) is 0 Å². The van der Waals surface area contributed by atoms with Gasteiger partial charge in [0.15, 0.2) is 5.82 Å². The summed E-state index contributed by atoms with van der Waals surface area (Å²) in [5.41, 5.74) is 11.1. The molecule has 1 rings (SSSR count). The van der Waals surface area contributed by atoms with Gasteiger partial charge in [-0.3, -0.25) is 0 Å². The Morgan fingerprint density at radius 1 is 1.36 bits per heavy atom. The van der Waals surface area contributed by atoms with Crippen molar-refractivity contribution in [2.75, 3.05) is 18.1 Å². The van der Waals surface area contributed by atoms with E-state index in [9.17, 15) is 5.11 Å². The zero-order valence-corrected chi connectivity index (χ0v) is 8.10. The van der Waals surface area contributed by atoms with Gasteiger partial charge in [-0.05, 0) is 6.92 Å². The highest BCUT2D eigenvalue weighted by atomic mass is 16.3. The minimum Gasteiger partial charge on any atom is -0.391 e. The van der Waals surface area contributed by atoms with Gasteiger partial charge < -0.3 is 21.9 Å². The molecule has 14 heavy (non-hydrogen) atoms. The van der Waals surface area contributed by atoms with Gasteiger partial charge >= 0.3 is 0 Å². The zero-order valence-electron chi connectivity index (χ0n) is 8.10. The van der Waals surface area contributed by atoms with Crippen molar-refractivity contribution in [3.8, 4) is 0 Å². The second-order valence-corrected chi connectivity index (χ2v) is 2.89. The number of rotatable bonds is 3. The summed E-state index contributed by atoms with van der Waals surface area (Å²) in [6.07, 6.45) is -0.735. The molecule has 0 bridgehead atoms. The van der Waals surface area contributed by atoms with Crippen molar-refractivity contribution >= 4 is 11.9 Å². The van der Waals surface area contributed by atoms with Crippen LogP contribution in [0.2, 0.25) is 0 Å². The molecule has 0 aliphatic carbocycles. The van der Waals surface area contributed by atoms with Crippen LogP contribution >= 0.6 is 0 Å². The molecule has 0 aliphatic rings. The van der Waals surface area contributed by atoms with E-state index >= 15 is 0 Å². The summed E-state index contributed by atoms with van der Waals surface area (Å²) in [4.78, 5) is 11.6. The summed E-state index contributed by atoms with van der Waals surface area (Å²) in [6, 6.07) is -0.660. The molecule has 6 N–H and O–H groups in total. The van der Waals surface area contributed by atoms with Crippen LogP contribution in [0.25, 0.3) is 0 Å². The zero-order chi connectivity index (χ0) is 10.7. The summed E-state index contributed by atoms with van der Waals surface area (Å²) in [7, 11) is 1.66. The third-order valence-corrected chi connectivity index (χ3v) is 1.71. The van der Waals surface area contributed by atoms with Gasteiger partial charge in [0.05, 0.1) is 12.1 Å². The Morgan fingerprint density at radius 3 is 2.50 bits per heavy atom. The molecule has 0 radical (unpaired) electrons. The number of nitrogen functional groups attached to an aromatic ring is 1. The molecule has 1 aromatic rings. The summed E-state index contributed by atoms with van der Waals surface area (Å²) < 4.78 is 0. The van der Waals surface area contributed by atoms with Gasteiger partial charge in [-0.25, -0.2) is 0 Å². The average Bonchev–Trinajstić information content (AvgIpc) is 2.15. The number of aliphatic hydroxyl groups excluding tert-OH is 1. The van der Waals surface area contributed by atoms with Crippen molar-refractivity contribution < 1.29 is 5.11 Å². The van der Waals surface area contributed by atoms with E-state index in [-0.39, 0.29) is 11.8 Å². The monoisotopic (exact) mass is 198 g/mol. The van der Waals surface area contributed by atoms with Crippen molar-refractivity contribution in [3.05, 3.63) is 5.82 Å². The topological polar surface area (TPSA) is 123 Å². The van der Waals surface area contributed by atoms with Crippen LogP contribution in [-0.4, -0.2) is 33.2 Å². The summed E-state index contributed by atoms with van der Waals surface area (Å²) in [6.45, 7) is 1.56. The van der Waals surface area contributed by atoms with E-state index in [1.54, 1.807) is 14.0 Å². The first-order valence-corrected chi connectivity index (χ1v) is 4.17. The second kappa shape index (κ2) is 4.16. The predicted octanol–water partition coefficient (Wildman–Crippen LogP) is -1.12. The SMILES string of the molecule is CNc1nc(N)nc([C@@H](N)[C@@H](C)O)n1. The van der Waals surface area contributed by atoms with E-state index in [0.29, 0.717) is 5.95 Å². The lowest BCUT2D eigenvalue weighted by Crippen LogP contribution is -2.26. The first kappa shape index (κ1) is 10.6. The van der Waals surface area contributed by atoms with Crippen LogP contribution in [0.4, 0.5) is 11.9 Å². The summed E-state index contributed by atoms with van der Waals surface area (Å²) >= 11 is 0. The Morgan fingerprint density at radius 2 is 2.00 bits per heavy atom. The molecule has 0 unspecified atom stereocenters. The molecule has 0 aromatic carbocycles. The maximum absolute atomic E-state index is 9.24. The maximum Gasteiger partial charge on any atom is 0.227 e. The van der Waals surface area contributed by atoms with E-state index in [2.05, 4.69) is 20.3 Å². The summed E-state index contributed by atoms with van der Waals surface area (Å²) in [5, 5.41) is 12.0. The molecule has 1 aromatic heterocycles. The van der Waals surface area contributed by atoms with Crippen molar-refractivity contribution in [3.63, 3.8) is 0 Å². The molecule has 0 saturated heterocycles. The van der Waals surface area contributed by atoms with Crippen molar-refractivity contribution in [1.29, 1.82) is 0 Å². The van der Waals surface area contributed by atoms with Crippen LogP contribution in [0.1, 0.15) is 18.8 Å². The number of hydrogen-bond donors (Lipinski definition) is 4. The minimum absolute atomic E-state index is 0.0791. The maximum atomic E-state index is 9.24.